The predicted molar refractivity (Wildman–Crippen MR) is 78.9 cm³/mol. The van der Waals surface area contributed by atoms with Crippen molar-refractivity contribution in [1.29, 1.82) is 0 Å². The Labute approximate surface area is 139 Å². The first-order valence-electron chi connectivity index (χ1n) is 7.19. The van der Waals surface area contributed by atoms with E-state index in [9.17, 15) is 31.1 Å². The third-order valence-electron chi connectivity index (χ3n) is 3.46. The summed E-state index contributed by atoms with van der Waals surface area (Å²) in [5.74, 6) is -0.889. The first-order valence-corrected chi connectivity index (χ1v) is 7.19. The fourth-order valence-electron chi connectivity index (χ4n) is 2.20. The molecule has 0 atom stereocenters. The summed E-state index contributed by atoms with van der Waals surface area (Å²) in [7, 11) is 0. The lowest BCUT2D eigenvalue weighted by molar-refractivity contribution is -0.138. The zero-order chi connectivity index (χ0) is 18.7. The van der Waals surface area contributed by atoms with E-state index >= 15 is 0 Å². The van der Waals surface area contributed by atoms with Crippen molar-refractivity contribution in [2.75, 3.05) is 6.54 Å². The summed E-state index contributed by atoms with van der Waals surface area (Å²) < 4.78 is 75.9. The van der Waals surface area contributed by atoms with E-state index in [2.05, 4.69) is 5.32 Å². The standard InChI is InChI=1S/C17H13F6NO/c18-16(19,20)12-7-5-11(6-8-12)9-10-24-15(25)13-3-1-2-4-14(13)17(21,22)23/h1-8H,9-10H2,(H,24,25). The minimum Gasteiger partial charge on any atom is -0.352 e. The van der Waals surface area contributed by atoms with E-state index < -0.39 is 35.0 Å². The van der Waals surface area contributed by atoms with E-state index in [1.807, 2.05) is 0 Å². The molecule has 0 bridgehead atoms. The predicted octanol–water partition coefficient (Wildman–Crippen LogP) is 4.70. The van der Waals surface area contributed by atoms with Gasteiger partial charge in [0.15, 0.2) is 0 Å². The summed E-state index contributed by atoms with van der Waals surface area (Å²) in [4.78, 5) is 11.9. The molecule has 2 aromatic rings. The van der Waals surface area contributed by atoms with Gasteiger partial charge in [0.25, 0.3) is 5.91 Å². The fourth-order valence-corrected chi connectivity index (χ4v) is 2.20. The summed E-state index contributed by atoms with van der Waals surface area (Å²) in [5.41, 5.74) is -1.80. The van der Waals surface area contributed by atoms with E-state index in [0.717, 1.165) is 24.3 Å². The molecule has 1 N–H and O–H groups in total. The zero-order valence-electron chi connectivity index (χ0n) is 12.7. The second-order valence-electron chi connectivity index (χ2n) is 5.24. The Balaban J connectivity index is 1.98. The molecule has 2 aromatic carbocycles. The van der Waals surface area contributed by atoms with Gasteiger partial charge in [0.1, 0.15) is 0 Å². The molecule has 0 aliphatic heterocycles. The topological polar surface area (TPSA) is 29.1 Å². The first-order chi connectivity index (χ1) is 11.6. The molecule has 0 radical (unpaired) electrons. The molecule has 1 amide bonds. The summed E-state index contributed by atoms with van der Waals surface area (Å²) in [6, 6.07) is 8.73. The van der Waals surface area contributed by atoms with Crippen LogP contribution in [0.25, 0.3) is 0 Å². The van der Waals surface area contributed by atoms with Crippen LogP contribution < -0.4 is 5.32 Å². The monoisotopic (exact) mass is 361 g/mol. The number of carbonyl (C=O) groups excluding carboxylic acids is 1. The quantitative estimate of drug-likeness (QED) is 0.786. The molecule has 0 unspecified atom stereocenters. The SMILES string of the molecule is O=C(NCCc1ccc(C(F)(F)F)cc1)c1ccccc1C(F)(F)F. The highest BCUT2D eigenvalue weighted by Crippen LogP contribution is 2.32. The summed E-state index contributed by atoms with van der Waals surface area (Å²) in [5, 5.41) is 2.34. The van der Waals surface area contributed by atoms with Gasteiger partial charge in [-0.05, 0) is 36.2 Å². The van der Waals surface area contributed by atoms with Crippen molar-refractivity contribution in [1.82, 2.24) is 5.32 Å². The highest BCUT2D eigenvalue weighted by atomic mass is 19.4. The third kappa shape index (κ3) is 4.98. The number of halogens is 6. The molecule has 134 valence electrons. The Bertz CT molecular complexity index is 734. The van der Waals surface area contributed by atoms with Crippen LogP contribution in [0.2, 0.25) is 0 Å². The van der Waals surface area contributed by atoms with Gasteiger partial charge in [-0.2, -0.15) is 26.3 Å². The van der Waals surface area contributed by atoms with Crippen LogP contribution in [0.5, 0.6) is 0 Å². The Morgan fingerprint density at radius 1 is 0.840 bits per heavy atom. The summed E-state index contributed by atoms with van der Waals surface area (Å²) in [6.07, 6.45) is -8.90. The largest absolute Gasteiger partial charge is 0.417 e. The van der Waals surface area contributed by atoms with Gasteiger partial charge in [-0.1, -0.05) is 24.3 Å². The minimum absolute atomic E-state index is 0.00358. The van der Waals surface area contributed by atoms with Crippen molar-refractivity contribution in [3.05, 3.63) is 70.8 Å². The lowest BCUT2D eigenvalue weighted by Crippen LogP contribution is -2.28. The fraction of sp³-hybridized carbons (Fsp3) is 0.235. The van der Waals surface area contributed by atoms with Crippen LogP contribution in [0, 0.1) is 0 Å². The molecule has 2 rings (SSSR count). The number of hydrogen-bond acceptors (Lipinski definition) is 1. The highest BCUT2D eigenvalue weighted by Gasteiger charge is 2.34. The normalized spacial score (nSPS) is 12.1. The molecule has 0 saturated heterocycles. The summed E-state index contributed by atoms with van der Waals surface area (Å²) in [6.45, 7) is -0.00358. The number of benzene rings is 2. The lowest BCUT2D eigenvalue weighted by atomic mass is 10.1. The Morgan fingerprint density at radius 3 is 2.00 bits per heavy atom. The van der Waals surface area contributed by atoms with E-state index in [4.69, 9.17) is 0 Å². The Kier molecular flexibility index (Phi) is 5.39. The van der Waals surface area contributed by atoms with E-state index in [0.29, 0.717) is 5.56 Å². The average molecular weight is 361 g/mol. The Hall–Kier alpha value is -2.51. The third-order valence-corrected chi connectivity index (χ3v) is 3.46. The van der Waals surface area contributed by atoms with Crippen molar-refractivity contribution in [3.63, 3.8) is 0 Å². The summed E-state index contributed by atoms with van der Waals surface area (Å²) >= 11 is 0. The molecule has 0 aliphatic carbocycles. The van der Waals surface area contributed by atoms with Gasteiger partial charge in [0.2, 0.25) is 0 Å². The van der Waals surface area contributed by atoms with Crippen molar-refractivity contribution in [2.24, 2.45) is 0 Å². The first kappa shape index (κ1) is 18.8. The smallest absolute Gasteiger partial charge is 0.352 e. The van der Waals surface area contributed by atoms with Gasteiger partial charge in [-0.3, -0.25) is 4.79 Å². The highest BCUT2D eigenvalue weighted by molar-refractivity contribution is 5.95. The lowest BCUT2D eigenvalue weighted by Gasteiger charge is -2.13. The molecule has 0 fully saturated rings. The van der Waals surface area contributed by atoms with Crippen molar-refractivity contribution in [2.45, 2.75) is 18.8 Å². The second-order valence-corrected chi connectivity index (χ2v) is 5.24. The van der Waals surface area contributed by atoms with Crippen LogP contribution in [0.4, 0.5) is 26.3 Å². The molecule has 8 heteroatoms. The van der Waals surface area contributed by atoms with Gasteiger partial charge in [0.05, 0.1) is 16.7 Å². The van der Waals surface area contributed by atoms with Crippen molar-refractivity contribution in [3.8, 4) is 0 Å². The maximum atomic E-state index is 12.9. The van der Waals surface area contributed by atoms with E-state index in [-0.39, 0.29) is 13.0 Å². The number of nitrogens with one attached hydrogen (secondary N) is 1. The molecule has 25 heavy (non-hydrogen) atoms. The average Bonchev–Trinajstić information content (AvgIpc) is 2.53. The van der Waals surface area contributed by atoms with Crippen LogP contribution in [0.3, 0.4) is 0 Å². The minimum atomic E-state index is -4.65. The molecule has 0 heterocycles. The van der Waals surface area contributed by atoms with Crippen LogP contribution >= 0.6 is 0 Å². The number of hydrogen-bond donors (Lipinski definition) is 1. The maximum absolute atomic E-state index is 12.9. The number of alkyl halides is 6. The van der Waals surface area contributed by atoms with E-state index in [1.54, 1.807) is 0 Å². The molecular weight excluding hydrogens is 348 g/mol. The molecule has 0 aromatic heterocycles. The van der Waals surface area contributed by atoms with E-state index in [1.165, 1.54) is 24.3 Å². The number of rotatable bonds is 4. The van der Waals surface area contributed by atoms with Crippen LogP contribution in [-0.4, -0.2) is 12.5 Å². The number of carbonyl (C=O) groups is 1. The van der Waals surface area contributed by atoms with Crippen molar-refractivity contribution >= 4 is 5.91 Å². The van der Waals surface area contributed by atoms with Gasteiger partial charge in [-0.25, -0.2) is 0 Å². The molecule has 0 spiro atoms. The second kappa shape index (κ2) is 7.16. The molecule has 0 aliphatic rings. The van der Waals surface area contributed by atoms with Gasteiger partial charge in [-0.15, -0.1) is 0 Å². The van der Waals surface area contributed by atoms with Crippen molar-refractivity contribution < 1.29 is 31.1 Å². The number of amides is 1. The molecule has 0 saturated carbocycles. The Morgan fingerprint density at radius 2 is 1.44 bits per heavy atom. The van der Waals surface area contributed by atoms with Crippen LogP contribution in [-0.2, 0) is 18.8 Å². The van der Waals surface area contributed by atoms with Gasteiger partial charge < -0.3 is 5.32 Å². The van der Waals surface area contributed by atoms with Crippen LogP contribution in [0.1, 0.15) is 27.0 Å². The maximum Gasteiger partial charge on any atom is 0.417 e. The van der Waals surface area contributed by atoms with Gasteiger partial charge in [0, 0.05) is 6.54 Å². The molecule has 2 nitrogen and oxygen atoms in total. The molecular formula is C17H13F6NO. The van der Waals surface area contributed by atoms with Gasteiger partial charge >= 0.3 is 12.4 Å². The zero-order valence-corrected chi connectivity index (χ0v) is 12.7. The van der Waals surface area contributed by atoms with Crippen LogP contribution in [0.15, 0.2) is 48.5 Å².